The first-order valence-corrected chi connectivity index (χ1v) is 5.57. The zero-order valence-electron chi connectivity index (χ0n) is 10.3. The van der Waals surface area contributed by atoms with E-state index in [1.807, 2.05) is 0 Å². The van der Waals surface area contributed by atoms with Gasteiger partial charge in [0.25, 0.3) is 0 Å². The van der Waals surface area contributed by atoms with Crippen LogP contribution in [-0.2, 0) is 9.53 Å². The lowest BCUT2D eigenvalue weighted by Crippen LogP contribution is -1.98. The molecular weight excluding hydrogens is 236 g/mol. The second-order valence-corrected chi connectivity index (χ2v) is 3.54. The molecule has 0 N–H and O–H groups in total. The summed E-state index contributed by atoms with van der Waals surface area (Å²) in [5, 5.41) is 0. The van der Waals surface area contributed by atoms with E-state index >= 15 is 0 Å². The molecule has 1 aliphatic heterocycles. The Hall–Kier alpha value is -2.17. The van der Waals surface area contributed by atoms with Crippen LogP contribution in [0, 0.1) is 0 Å². The number of methoxy groups -OCH3 is 1. The smallest absolute Gasteiger partial charge is 0.330 e. The van der Waals surface area contributed by atoms with Crippen molar-refractivity contribution in [1.82, 2.24) is 0 Å². The van der Waals surface area contributed by atoms with Crippen molar-refractivity contribution in [3.05, 3.63) is 23.8 Å². The van der Waals surface area contributed by atoms with Crippen molar-refractivity contribution >= 4 is 12.0 Å². The fourth-order valence-corrected chi connectivity index (χ4v) is 1.60. The van der Waals surface area contributed by atoms with Gasteiger partial charge in [-0.2, -0.15) is 0 Å². The monoisotopic (exact) mass is 250 g/mol. The van der Waals surface area contributed by atoms with Crippen molar-refractivity contribution in [3.63, 3.8) is 0 Å². The number of benzene rings is 1. The van der Waals surface area contributed by atoms with Crippen LogP contribution in [0.2, 0.25) is 0 Å². The number of ether oxygens (including phenoxy) is 4. The number of esters is 1. The normalized spacial score (nSPS) is 12.8. The molecule has 1 heterocycles. The van der Waals surface area contributed by atoms with E-state index in [1.54, 1.807) is 32.2 Å². The van der Waals surface area contributed by atoms with Gasteiger partial charge in [0.2, 0.25) is 12.5 Å². The minimum atomic E-state index is -0.380. The highest BCUT2D eigenvalue weighted by molar-refractivity contribution is 5.87. The first kappa shape index (κ1) is 12.3. The van der Waals surface area contributed by atoms with Gasteiger partial charge >= 0.3 is 5.97 Å². The Morgan fingerprint density at radius 2 is 2.28 bits per heavy atom. The highest BCUT2D eigenvalue weighted by Crippen LogP contribution is 2.41. The molecule has 1 aromatic rings. The predicted molar refractivity (Wildman–Crippen MR) is 64.8 cm³/mol. The van der Waals surface area contributed by atoms with E-state index < -0.39 is 0 Å². The second kappa shape index (κ2) is 5.44. The third-order valence-electron chi connectivity index (χ3n) is 2.38. The maximum atomic E-state index is 11.2. The number of hydrogen-bond donors (Lipinski definition) is 0. The summed E-state index contributed by atoms with van der Waals surface area (Å²) in [7, 11) is 1.55. The van der Waals surface area contributed by atoms with Gasteiger partial charge in [-0.1, -0.05) is 0 Å². The summed E-state index contributed by atoms with van der Waals surface area (Å²) in [4.78, 5) is 11.2. The number of rotatable bonds is 4. The van der Waals surface area contributed by atoms with Gasteiger partial charge in [0.1, 0.15) is 0 Å². The lowest BCUT2D eigenvalue weighted by molar-refractivity contribution is -0.137. The van der Waals surface area contributed by atoms with E-state index in [0.29, 0.717) is 23.9 Å². The van der Waals surface area contributed by atoms with Gasteiger partial charge in [0.15, 0.2) is 11.5 Å². The van der Waals surface area contributed by atoms with E-state index in [2.05, 4.69) is 0 Å². The van der Waals surface area contributed by atoms with Gasteiger partial charge in [0, 0.05) is 6.08 Å². The Morgan fingerprint density at radius 3 is 3.00 bits per heavy atom. The molecule has 0 fully saturated rings. The maximum absolute atomic E-state index is 11.2. The zero-order valence-corrected chi connectivity index (χ0v) is 10.3. The van der Waals surface area contributed by atoms with Crippen LogP contribution >= 0.6 is 0 Å². The fourth-order valence-electron chi connectivity index (χ4n) is 1.60. The van der Waals surface area contributed by atoms with Crippen molar-refractivity contribution in [3.8, 4) is 17.2 Å². The largest absolute Gasteiger partial charge is 0.493 e. The molecule has 5 heteroatoms. The molecule has 0 aromatic heterocycles. The summed E-state index contributed by atoms with van der Waals surface area (Å²) in [6.45, 7) is 2.29. The molecule has 18 heavy (non-hydrogen) atoms. The first-order chi connectivity index (χ1) is 8.74. The topological polar surface area (TPSA) is 54.0 Å². The predicted octanol–water partition coefficient (Wildman–Crippen LogP) is 2.00. The van der Waals surface area contributed by atoms with Crippen LogP contribution in [0.1, 0.15) is 12.5 Å². The molecular formula is C13H14O5. The molecule has 0 unspecified atom stereocenters. The third kappa shape index (κ3) is 2.56. The van der Waals surface area contributed by atoms with Crippen LogP contribution in [0.4, 0.5) is 0 Å². The molecule has 1 aliphatic rings. The van der Waals surface area contributed by atoms with Crippen LogP contribution in [0.25, 0.3) is 6.08 Å². The van der Waals surface area contributed by atoms with Gasteiger partial charge < -0.3 is 18.9 Å². The average Bonchev–Trinajstić information content (AvgIpc) is 2.83. The number of fused-ring (bicyclic) bond motifs is 1. The van der Waals surface area contributed by atoms with Gasteiger partial charge in [0.05, 0.1) is 13.7 Å². The first-order valence-electron chi connectivity index (χ1n) is 5.57. The van der Waals surface area contributed by atoms with Gasteiger partial charge in [-0.15, -0.1) is 0 Å². The van der Waals surface area contributed by atoms with Gasteiger partial charge in [-0.05, 0) is 30.7 Å². The molecule has 0 aliphatic carbocycles. The lowest BCUT2D eigenvalue weighted by Gasteiger charge is -2.05. The summed E-state index contributed by atoms with van der Waals surface area (Å²) in [5.74, 6) is 1.39. The van der Waals surface area contributed by atoms with Crippen LogP contribution in [-0.4, -0.2) is 26.5 Å². The number of carbonyl (C=O) groups is 1. The highest BCUT2D eigenvalue weighted by Gasteiger charge is 2.19. The quantitative estimate of drug-likeness (QED) is 0.604. The molecule has 0 saturated heterocycles. The van der Waals surface area contributed by atoms with E-state index in [9.17, 15) is 4.79 Å². The molecule has 2 rings (SSSR count). The second-order valence-electron chi connectivity index (χ2n) is 3.54. The van der Waals surface area contributed by atoms with Crippen molar-refractivity contribution < 1.29 is 23.7 Å². The minimum Gasteiger partial charge on any atom is -0.493 e. The summed E-state index contributed by atoms with van der Waals surface area (Å²) in [6, 6.07) is 3.55. The SMILES string of the molecule is CCOC(=O)C=Cc1cc(OC)c2c(c1)OCO2. The Morgan fingerprint density at radius 1 is 1.44 bits per heavy atom. The Balaban J connectivity index is 2.22. The summed E-state index contributed by atoms with van der Waals surface area (Å²) < 4.78 is 20.6. The lowest BCUT2D eigenvalue weighted by atomic mass is 10.1. The molecule has 0 bridgehead atoms. The van der Waals surface area contributed by atoms with Crippen LogP contribution in [0.15, 0.2) is 18.2 Å². The summed E-state index contributed by atoms with van der Waals surface area (Å²) in [6.07, 6.45) is 3.00. The third-order valence-corrected chi connectivity index (χ3v) is 2.38. The molecule has 0 saturated carbocycles. The number of hydrogen-bond acceptors (Lipinski definition) is 5. The van der Waals surface area contributed by atoms with Crippen LogP contribution in [0.3, 0.4) is 0 Å². The maximum Gasteiger partial charge on any atom is 0.330 e. The molecule has 5 nitrogen and oxygen atoms in total. The molecule has 0 radical (unpaired) electrons. The van der Waals surface area contributed by atoms with Gasteiger partial charge in [-0.3, -0.25) is 0 Å². The summed E-state index contributed by atoms with van der Waals surface area (Å²) in [5.41, 5.74) is 0.782. The highest BCUT2D eigenvalue weighted by atomic mass is 16.7. The van der Waals surface area contributed by atoms with Crippen molar-refractivity contribution in [1.29, 1.82) is 0 Å². The zero-order chi connectivity index (χ0) is 13.0. The van der Waals surface area contributed by atoms with Crippen LogP contribution < -0.4 is 14.2 Å². The van der Waals surface area contributed by atoms with Gasteiger partial charge in [-0.25, -0.2) is 4.79 Å². The molecule has 0 atom stereocenters. The molecule has 0 spiro atoms. The Kier molecular flexibility index (Phi) is 3.72. The van der Waals surface area contributed by atoms with Crippen molar-refractivity contribution in [2.75, 3.05) is 20.5 Å². The van der Waals surface area contributed by atoms with Crippen molar-refractivity contribution in [2.24, 2.45) is 0 Å². The fraction of sp³-hybridized carbons (Fsp3) is 0.308. The van der Waals surface area contributed by atoms with E-state index in [4.69, 9.17) is 18.9 Å². The average molecular weight is 250 g/mol. The molecule has 1 aromatic carbocycles. The van der Waals surface area contributed by atoms with E-state index in [0.717, 1.165) is 5.56 Å². The summed E-state index contributed by atoms with van der Waals surface area (Å²) >= 11 is 0. The van der Waals surface area contributed by atoms with E-state index in [-0.39, 0.29) is 12.8 Å². The van der Waals surface area contributed by atoms with Crippen LogP contribution in [0.5, 0.6) is 17.2 Å². The van der Waals surface area contributed by atoms with Crippen molar-refractivity contribution in [2.45, 2.75) is 6.92 Å². The Bertz CT molecular complexity index is 479. The molecule has 96 valence electrons. The van der Waals surface area contributed by atoms with E-state index in [1.165, 1.54) is 6.08 Å². The minimum absolute atomic E-state index is 0.177. The standard InChI is InChI=1S/C13H14O5/c1-3-16-12(14)5-4-9-6-10(15-2)13-11(7-9)17-8-18-13/h4-7H,3,8H2,1-2H3. The molecule has 0 amide bonds. The number of carbonyl (C=O) groups excluding carboxylic acids is 1. The Labute approximate surface area is 105 Å².